The van der Waals surface area contributed by atoms with Crippen molar-refractivity contribution < 1.29 is 4.79 Å². The summed E-state index contributed by atoms with van der Waals surface area (Å²) in [5, 5.41) is 3.12. The smallest absolute Gasteiger partial charge is 0.253 e. The Morgan fingerprint density at radius 1 is 0.885 bits per heavy atom. The Labute approximate surface area is 153 Å². The number of nitrogens with zero attached hydrogens (tertiary/aromatic N) is 1. The average Bonchev–Trinajstić information content (AvgIpc) is 3.09. The molecule has 4 rings (SSSR count). The van der Waals surface area contributed by atoms with Crippen molar-refractivity contribution in [2.24, 2.45) is 0 Å². The molecule has 0 unspecified atom stereocenters. The van der Waals surface area contributed by atoms with Gasteiger partial charge < -0.3 is 5.32 Å². The number of hydrogen-bond donors (Lipinski definition) is 1. The maximum absolute atomic E-state index is 12.6. The second-order valence-corrected chi connectivity index (χ2v) is 6.43. The molecule has 1 N–H and O–H groups in total. The van der Waals surface area contributed by atoms with Crippen LogP contribution in [-0.4, -0.2) is 16.9 Å². The third kappa shape index (κ3) is 3.65. The molecule has 1 aliphatic rings. The van der Waals surface area contributed by atoms with E-state index in [2.05, 4.69) is 34.3 Å². The minimum Gasteiger partial charge on any atom is -0.349 e. The van der Waals surface area contributed by atoms with Gasteiger partial charge in [0, 0.05) is 29.6 Å². The van der Waals surface area contributed by atoms with E-state index in [1.165, 1.54) is 11.1 Å². The van der Waals surface area contributed by atoms with E-state index in [0.717, 1.165) is 24.0 Å². The molecule has 3 aromatic rings. The maximum atomic E-state index is 12.6. The molecule has 2 aromatic carbocycles. The summed E-state index contributed by atoms with van der Waals surface area (Å²) in [6.45, 7) is 0. The van der Waals surface area contributed by atoms with Gasteiger partial charge in [-0.2, -0.15) is 0 Å². The molecule has 126 valence electrons. The van der Waals surface area contributed by atoms with E-state index >= 15 is 0 Å². The molecule has 26 heavy (non-hydrogen) atoms. The van der Waals surface area contributed by atoms with Crippen LogP contribution in [0.15, 0.2) is 73.1 Å². The highest BCUT2D eigenvalue weighted by atomic mass is 16.1. The van der Waals surface area contributed by atoms with E-state index in [0.29, 0.717) is 5.56 Å². The molecular formula is C23H18N2O. The molecule has 0 spiro atoms. The standard InChI is InChI=1S/C23H18N2O/c26-23(25-22-13-19-8-4-5-9-20(19)14-22)21-12-18(15-24-16-21)11-10-17-6-2-1-3-7-17/h1-9,12,15-16,22H,13-14H2,(H,25,26). The first kappa shape index (κ1) is 16.1. The van der Waals surface area contributed by atoms with Crippen molar-refractivity contribution in [1.29, 1.82) is 0 Å². The van der Waals surface area contributed by atoms with Crippen LogP contribution in [0.5, 0.6) is 0 Å². The highest BCUT2D eigenvalue weighted by Crippen LogP contribution is 2.21. The molecule has 3 nitrogen and oxygen atoms in total. The molecule has 0 saturated carbocycles. The Balaban J connectivity index is 1.45. The van der Waals surface area contributed by atoms with E-state index in [-0.39, 0.29) is 11.9 Å². The normalized spacial score (nSPS) is 12.8. The third-order valence-corrected chi connectivity index (χ3v) is 4.51. The predicted molar refractivity (Wildman–Crippen MR) is 102 cm³/mol. The van der Waals surface area contributed by atoms with Crippen LogP contribution in [-0.2, 0) is 12.8 Å². The number of rotatable bonds is 2. The molecule has 0 aliphatic heterocycles. The zero-order valence-electron chi connectivity index (χ0n) is 14.3. The van der Waals surface area contributed by atoms with Crippen molar-refractivity contribution in [3.05, 3.63) is 101 Å². The molecule has 0 bridgehead atoms. The Bertz CT molecular complexity index is 974. The van der Waals surface area contributed by atoms with Crippen molar-refractivity contribution >= 4 is 5.91 Å². The Kier molecular flexibility index (Phi) is 4.49. The molecule has 0 saturated heterocycles. The number of nitrogens with one attached hydrogen (secondary N) is 1. The molecule has 1 aromatic heterocycles. The molecule has 0 atom stereocenters. The Morgan fingerprint density at radius 3 is 2.27 bits per heavy atom. The fourth-order valence-electron chi connectivity index (χ4n) is 3.23. The minimum atomic E-state index is -0.0985. The van der Waals surface area contributed by atoms with Crippen molar-refractivity contribution in [3.8, 4) is 11.8 Å². The number of aromatic nitrogens is 1. The first-order chi connectivity index (χ1) is 12.8. The van der Waals surface area contributed by atoms with Gasteiger partial charge in [0.15, 0.2) is 0 Å². The molecule has 0 fully saturated rings. The summed E-state index contributed by atoms with van der Waals surface area (Å²) in [4.78, 5) is 16.7. The van der Waals surface area contributed by atoms with Crippen molar-refractivity contribution in [3.63, 3.8) is 0 Å². The first-order valence-electron chi connectivity index (χ1n) is 8.68. The third-order valence-electron chi connectivity index (χ3n) is 4.51. The van der Waals surface area contributed by atoms with Crippen LogP contribution < -0.4 is 5.32 Å². The number of carbonyl (C=O) groups is 1. The van der Waals surface area contributed by atoms with Gasteiger partial charge in [-0.3, -0.25) is 9.78 Å². The summed E-state index contributed by atoms with van der Waals surface area (Å²) in [5.74, 6) is 6.06. The second kappa shape index (κ2) is 7.25. The van der Waals surface area contributed by atoms with Crippen molar-refractivity contribution in [2.45, 2.75) is 18.9 Å². The molecule has 3 heteroatoms. The van der Waals surface area contributed by atoms with Gasteiger partial charge in [-0.05, 0) is 42.2 Å². The fourth-order valence-corrected chi connectivity index (χ4v) is 3.23. The zero-order valence-corrected chi connectivity index (χ0v) is 14.3. The van der Waals surface area contributed by atoms with Crippen LogP contribution >= 0.6 is 0 Å². The summed E-state index contributed by atoms with van der Waals surface area (Å²) < 4.78 is 0. The molecule has 0 radical (unpaired) electrons. The van der Waals surface area contributed by atoms with Gasteiger partial charge in [0.25, 0.3) is 5.91 Å². The van der Waals surface area contributed by atoms with Crippen LogP contribution in [0.1, 0.15) is 32.6 Å². The second-order valence-electron chi connectivity index (χ2n) is 6.43. The van der Waals surface area contributed by atoms with Crippen molar-refractivity contribution in [1.82, 2.24) is 10.3 Å². The monoisotopic (exact) mass is 338 g/mol. The Morgan fingerprint density at radius 2 is 1.54 bits per heavy atom. The molecule has 1 amide bonds. The molecule has 1 heterocycles. The van der Waals surface area contributed by atoms with E-state index in [4.69, 9.17) is 0 Å². The van der Waals surface area contributed by atoms with Gasteiger partial charge in [-0.25, -0.2) is 0 Å². The van der Waals surface area contributed by atoms with Gasteiger partial charge in [0.05, 0.1) is 5.56 Å². The van der Waals surface area contributed by atoms with Crippen LogP contribution in [0.2, 0.25) is 0 Å². The Hall–Kier alpha value is -3.38. The lowest BCUT2D eigenvalue weighted by atomic mass is 10.1. The lowest BCUT2D eigenvalue weighted by Gasteiger charge is -2.12. The van der Waals surface area contributed by atoms with E-state index in [1.54, 1.807) is 18.5 Å². The lowest BCUT2D eigenvalue weighted by Crippen LogP contribution is -2.35. The van der Waals surface area contributed by atoms with E-state index < -0.39 is 0 Å². The number of benzene rings is 2. The number of fused-ring (bicyclic) bond motifs is 1. The number of carbonyl (C=O) groups excluding carboxylic acids is 1. The summed E-state index contributed by atoms with van der Waals surface area (Å²) in [5.41, 5.74) is 4.85. The topological polar surface area (TPSA) is 42.0 Å². The predicted octanol–water partition coefficient (Wildman–Crippen LogP) is 3.38. The van der Waals surface area contributed by atoms with E-state index in [9.17, 15) is 4.79 Å². The summed E-state index contributed by atoms with van der Waals surface area (Å²) in [6.07, 6.45) is 5.02. The number of hydrogen-bond acceptors (Lipinski definition) is 2. The number of amides is 1. The molecule has 1 aliphatic carbocycles. The van der Waals surface area contributed by atoms with Gasteiger partial charge >= 0.3 is 0 Å². The summed E-state index contributed by atoms with van der Waals surface area (Å²) in [7, 11) is 0. The highest BCUT2D eigenvalue weighted by Gasteiger charge is 2.22. The van der Waals surface area contributed by atoms with Crippen LogP contribution in [0.4, 0.5) is 0 Å². The SMILES string of the molecule is O=C(NC1Cc2ccccc2C1)c1cncc(C#Cc2ccccc2)c1. The average molecular weight is 338 g/mol. The summed E-state index contributed by atoms with van der Waals surface area (Å²) in [6, 6.07) is 20.0. The molecular weight excluding hydrogens is 320 g/mol. The van der Waals surface area contributed by atoms with Gasteiger partial charge in [-0.1, -0.05) is 54.3 Å². The van der Waals surface area contributed by atoms with E-state index in [1.807, 2.05) is 42.5 Å². The van der Waals surface area contributed by atoms with Gasteiger partial charge in [-0.15, -0.1) is 0 Å². The fraction of sp³-hybridized carbons (Fsp3) is 0.130. The van der Waals surface area contributed by atoms with Crippen LogP contribution in [0.25, 0.3) is 0 Å². The van der Waals surface area contributed by atoms with Gasteiger partial charge in [0.1, 0.15) is 0 Å². The summed E-state index contributed by atoms with van der Waals surface area (Å²) >= 11 is 0. The first-order valence-corrected chi connectivity index (χ1v) is 8.68. The zero-order chi connectivity index (χ0) is 17.8. The highest BCUT2D eigenvalue weighted by molar-refractivity contribution is 5.94. The lowest BCUT2D eigenvalue weighted by molar-refractivity contribution is 0.0938. The maximum Gasteiger partial charge on any atom is 0.253 e. The van der Waals surface area contributed by atoms with Crippen LogP contribution in [0, 0.1) is 11.8 Å². The van der Waals surface area contributed by atoms with Crippen molar-refractivity contribution in [2.75, 3.05) is 0 Å². The largest absolute Gasteiger partial charge is 0.349 e. The van der Waals surface area contributed by atoms with Crippen LogP contribution in [0.3, 0.4) is 0 Å². The quantitative estimate of drug-likeness (QED) is 0.728. The minimum absolute atomic E-state index is 0.0985. The van der Waals surface area contributed by atoms with Gasteiger partial charge in [0.2, 0.25) is 0 Å². The number of pyridine rings is 1.